The number of rotatable bonds is 6. The molecule has 0 amide bonds. The lowest BCUT2D eigenvalue weighted by atomic mass is 10.1. The summed E-state index contributed by atoms with van der Waals surface area (Å²) in [6, 6.07) is 13.4. The van der Waals surface area contributed by atoms with Crippen LogP contribution in [0.4, 0.5) is 0 Å². The Morgan fingerprint density at radius 3 is 2.69 bits per heavy atom. The molecule has 0 spiro atoms. The molecule has 0 atom stereocenters. The average molecular weight is 528 g/mol. The van der Waals surface area contributed by atoms with Gasteiger partial charge in [0.05, 0.1) is 13.7 Å². The molecule has 0 unspecified atom stereocenters. The number of aryl methyl sites for hydroxylation is 1. The predicted octanol–water partition coefficient (Wildman–Crippen LogP) is 4.19. The second-order valence-corrected chi connectivity index (χ2v) is 6.55. The van der Waals surface area contributed by atoms with Gasteiger partial charge in [-0.3, -0.25) is 4.99 Å². The number of nitrogens with one attached hydrogen (secondary N) is 2. The van der Waals surface area contributed by atoms with E-state index in [0.29, 0.717) is 35.8 Å². The Hall–Kier alpha value is -2.33. The van der Waals surface area contributed by atoms with E-state index in [1.807, 2.05) is 37.3 Å². The molecule has 7 nitrogen and oxygen atoms in total. The van der Waals surface area contributed by atoms with Crippen molar-refractivity contribution in [2.24, 2.45) is 4.99 Å². The third-order valence-corrected chi connectivity index (χ3v) is 4.31. The first-order chi connectivity index (χ1) is 13.6. The van der Waals surface area contributed by atoms with Crippen LogP contribution in [-0.2, 0) is 13.1 Å². The maximum absolute atomic E-state index is 6.01. The molecule has 3 aromatic rings. The number of guanidine groups is 1. The first-order valence-corrected chi connectivity index (χ1v) is 9.13. The molecule has 0 fully saturated rings. The van der Waals surface area contributed by atoms with Crippen molar-refractivity contribution in [3.63, 3.8) is 0 Å². The number of aliphatic imine (C=N–C) groups is 1. The molecular weight excluding hydrogens is 505 g/mol. The van der Waals surface area contributed by atoms with Gasteiger partial charge in [0.25, 0.3) is 0 Å². The minimum absolute atomic E-state index is 0. The van der Waals surface area contributed by atoms with E-state index in [1.54, 1.807) is 26.3 Å². The zero-order valence-electron chi connectivity index (χ0n) is 16.4. The van der Waals surface area contributed by atoms with Gasteiger partial charge in [-0.2, -0.15) is 4.98 Å². The van der Waals surface area contributed by atoms with E-state index in [1.165, 1.54) is 0 Å². The Labute approximate surface area is 191 Å². The van der Waals surface area contributed by atoms with Gasteiger partial charge in [-0.15, -0.1) is 24.0 Å². The van der Waals surface area contributed by atoms with Crippen molar-refractivity contribution in [2.45, 2.75) is 20.0 Å². The fourth-order valence-corrected chi connectivity index (χ4v) is 2.82. The Morgan fingerprint density at radius 1 is 1.17 bits per heavy atom. The molecule has 2 aromatic carbocycles. The summed E-state index contributed by atoms with van der Waals surface area (Å²) in [7, 11) is 3.37. The molecule has 9 heteroatoms. The van der Waals surface area contributed by atoms with Crippen LogP contribution in [0.3, 0.4) is 0 Å². The normalized spacial score (nSPS) is 11.0. The van der Waals surface area contributed by atoms with Crippen LogP contribution in [0.5, 0.6) is 5.75 Å². The third kappa shape index (κ3) is 6.33. The topological polar surface area (TPSA) is 84.6 Å². The fraction of sp³-hybridized carbons (Fsp3) is 0.250. The van der Waals surface area contributed by atoms with Crippen LogP contribution < -0.4 is 15.4 Å². The van der Waals surface area contributed by atoms with E-state index in [4.69, 9.17) is 20.9 Å². The van der Waals surface area contributed by atoms with Gasteiger partial charge in [0.1, 0.15) is 5.75 Å². The van der Waals surface area contributed by atoms with E-state index in [-0.39, 0.29) is 24.0 Å². The molecule has 0 aliphatic heterocycles. The summed E-state index contributed by atoms with van der Waals surface area (Å²) in [5.74, 6) is 2.40. The van der Waals surface area contributed by atoms with Crippen molar-refractivity contribution in [3.05, 3.63) is 64.5 Å². The van der Waals surface area contributed by atoms with E-state index in [2.05, 4.69) is 25.8 Å². The molecule has 0 bridgehead atoms. The highest BCUT2D eigenvalue weighted by Crippen LogP contribution is 2.20. The molecule has 0 aliphatic carbocycles. The maximum Gasteiger partial charge on any atom is 0.246 e. The molecule has 0 saturated carbocycles. The molecule has 0 saturated heterocycles. The molecule has 0 radical (unpaired) electrons. The number of aromatic nitrogens is 2. The van der Waals surface area contributed by atoms with Crippen LogP contribution in [0.2, 0.25) is 5.02 Å². The van der Waals surface area contributed by atoms with Gasteiger partial charge in [0.2, 0.25) is 11.7 Å². The van der Waals surface area contributed by atoms with Gasteiger partial charge in [0.15, 0.2) is 5.96 Å². The van der Waals surface area contributed by atoms with Gasteiger partial charge in [-0.05, 0) is 30.7 Å². The van der Waals surface area contributed by atoms with Crippen molar-refractivity contribution < 1.29 is 9.26 Å². The number of methoxy groups -OCH3 is 1. The van der Waals surface area contributed by atoms with Crippen molar-refractivity contribution in [2.75, 3.05) is 14.2 Å². The summed E-state index contributed by atoms with van der Waals surface area (Å²) in [5.41, 5.74) is 2.99. The highest BCUT2D eigenvalue weighted by atomic mass is 127. The van der Waals surface area contributed by atoms with Crippen LogP contribution >= 0.6 is 35.6 Å². The number of benzene rings is 2. The quantitative estimate of drug-likeness (QED) is 0.284. The summed E-state index contributed by atoms with van der Waals surface area (Å²) in [6.07, 6.45) is 0. The van der Waals surface area contributed by atoms with E-state index in [9.17, 15) is 0 Å². The summed E-state index contributed by atoms with van der Waals surface area (Å²) in [4.78, 5) is 8.60. The highest BCUT2D eigenvalue weighted by Gasteiger charge is 2.10. The Morgan fingerprint density at radius 2 is 1.97 bits per heavy atom. The third-order valence-electron chi connectivity index (χ3n) is 4.07. The van der Waals surface area contributed by atoms with Crippen molar-refractivity contribution >= 4 is 41.5 Å². The number of hydrogen-bond donors (Lipinski definition) is 2. The van der Waals surface area contributed by atoms with E-state index >= 15 is 0 Å². The molecule has 154 valence electrons. The monoisotopic (exact) mass is 527 g/mol. The molecule has 0 aliphatic rings. The minimum Gasteiger partial charge on any atom is -0.496 e. The highest BCUT2D eigenvalue weighted by molar-refractivity contribution is 14.0. The van der Waals surface area contributed by atoms with Gasteiger partial charge in [-0.1, -0.05) is 41.0 Å². The van der Waals surface area contributed by atoms with Crippen LogP contribution in [0.25, 0.3) is 11.4 Å². The largest absolute Gasteiger partial charge is 0.496 e. The lowest BCUT2D eigenvalue weighted by Crippen LogP contribution is -2.36. The fourth-order valence-electron chi connectivity index (χ4n) is 2.63. The summed E-state index contributed by atoms with van der Waals surface area (Å²) in [5, 5.41) is 11.0. The second-order valence-electron chi connectivity index (χ2n) is 6.12. The van der Waals surface area contributed by atoms with Gasteiger partial charge in [-0.25, -0.2) is 0 Å². The minimum atomic E-state index is 0. The van der Waals surface area contributed by atoms with Gasteiger partial charge in [0, 0.05) is 29.7 Å². The lowest BCUT2D eigenvalue weighted by molar-refractivity contribution is 0.375. The Balaban J connectivity index is 0.00000300. The van der Waals surface area contributed by atoms with Gasteiger partial charge >= 0.3 is 0 Å². The Bertz CT molecular complexity index is 977. The molecule has 1 aromatic heterocycles. The first kappa shape index (κ1) is 23.0. The van der Waals surface area contributed by atoms with Crippen LogP contribution in [0.1, 0.15) is 17.0 Å². The molecule has 29 heavy (non-hydrogen) atoms. The van der Waals surface area contributed by atoms with Gasteiger partial charge < -0.3 is 19.9 Å². The molecule has 1 heterocycles. The van der Waals surface area contributed by atoms with Crippen LogP contribution in [-0.4, -0.2) is 30.3 Å². The van der Waals surface area contributed by atoms with Crippen molar-refractivity contribution in [1.82, 2.24) is 20.8 Å². The van der Waals surface area contributed by atoms with E-state index in [0.717, 1.165) is 22.4 Å². The number of halogens is 2. The predicted molar refractivity (Wildman–Crippen MR) is 125 cm³/mol. The lowest BCUT2D eigenvalue weighted by Gasteiger charge is -2.13. The maximum atomic E-state index is 6.01. The van der Waals surface area contributed by atoms with Crippen LogP contribution in [0.15, 0.2) is 52.0 Å². The summed E-state index contributed by atoms with van der Waals surface area (Å²) < 4.78 is 10.7. The SMILES string of the molecule is CN=C(NCc1nc(-c2cccc(Cl)c2)no1)NCc1ccc(C)cc1OC.I. The molecule has 3 rings (SSSR count). The second kappa shape index (κ2) is 11.0. The molecular formula is C20H23ClIN5O2. The first-order valence-electron chi connectivity index (χ1n) is 8.75. The Kier molecular flexibility index (Phi) is 8.71. The zero-order valence-corrected chi connectivity index (χ0v) is 19.5. The molecule has 2 N–H and O–H groups in total. The van der Waals surface area contributed by atoms with E-state index < -0.39 is 0 Å². The van der Waals surface area contributed by atoms with Crippen molar-refractivity contribution in [1.29, 1.82) is 0 Å². The van der Waals surface area contributed by atoms with Crippen molar-refractivity contribution in [3.8, 4) is 17.1 Å². The smallest absolute Gasteiger partial charge is 0.246 e. The number of ether oxygens (including phenoxy) is 1. The zero-order chi connectivity index (χ0) is 19.9. The summed E-state index contributed by atoms with van der Waals surface area (Å²) >= 11 is 6.01. The number of nitrogens with zero attached hydrogens (tertiary/aromatic N) is 3. The number of hydrogen-bond acceptors (Lipinski definition) is 5. The summed E-state index contributed by atoms with van der Waals surface area (Å²) in [6.45, 7) is 2.95. The standard InChI is InChI=1S/C20H22ClN5O2.HI/c1-13-7-8-15(17(9-13)27-3)11-23-20(22-2)24-12-18-25-19(26-28-18)14-5-4-6-16(21)10-14;/h4-10H,11-12H2,1-3H3,(H2,22,23,24);1H. The average Bonchev–Trinajstić information content (AvgIpc) is 3.18. The van der Waals surface area contributed by atoms with Crippen LogP contribution in [0, 0.1) is 6.92 Å².